The summed E-state index contributed by atoms with van der Waals surface area (Å²) in [5.41, 5.74) is -0.496. The zero-order valence-corrected chi connectivity index (χ0v) is 15.3. The predicted octanol–water partition coefficient (Wildman–Crippen LogP) is 4.13. The van der Waals surface area contributed by atoms with Gasteiger partial charge in [0.15, 0.2) is 11.8 Å². The standard InChI is InChI=1S/C15H10Cl3N3O5/c1-7(26-15(23)13-10(17)4-5-12(18)20-13)14(22)19-11-6-8(21(24)25)2-3-9(11)16/h2-7H,1H3,(H,19,22)/t7-/m0/s1. The fourth-order valence-corrected chi connectivity index (χ4v) is 2.28. The van der Waals surface area contributed by atoms with Crippen molar-refractivity contribution in [2.24, 2.45) is 0 Å². The molecule has 0 radical (unpaired) electrons. The van der Waals surface area contributed by atoms with Gasteiger partial charge in [-0.1, -0.05) is 34.8 Å². The van der Waals surface area contributed by atoms with E-state index in [1.807, 2.05) is 0 Å². The number of hydrogen-bond donors (Lipinski definition) is 1. The largest absolute Gasteiger partial charge is 0.448 e. The van der Waals surface area contributed by atoms with Crippen molar-refractivity contribution in [3.63, 3.8) is 0 Å². The van der Waals surface area contributed by atoms with Crippen LogP contribution < -0.4 is 5.32 Å². The predicted molar refractivity (Wildman–Crippen MR) is 95.9 cm³/mol. The molecule has 2 aromatic rings. The number of esters is 1. The number of nitrogens with one attached hydrogen (secondary N) is 1. The zero-order valence-electron chi connectivity index (χ0n) is 13.0. The average Bonchev–Trinajstić information content (AvgIpc) is 2.58. The highest BCUT2D eigenvalue weighted by Gasteiger charge is 2.23. The van der Waals surface area contributed by atoms with Crippen molar-refractivity contribution >= 4 is 58.1 Å². The number of pyridine rings is 1. The summed E-state index contributed by atoms with van der Waals surface area (Å²) in [6.07, 6.45) is -1.25. The van der Waals surface area contributed by atoms with Gasteiger partial charge in [-0.25, -0.2) is 9.78 Å². The number of carbonyl (C=O) groups is 2. The molecule has 11 heteroatoms. The Labute approximate surface area is 162 Å². The lowest BCUT2D eigenvalue weighted by molar-refractivity contribution is -0.384. The second-order valence-electron chi connectivity index (χ2n) is 4.92. The molecule has 0 fully saturated rings. The number of amides is 1. The van der Waals surface area contributed by atoms with Crippen LogP contribution in [0.1, 0.15) is 17.4 Å². The molecule has 0 aliphatic rings. The number of nitrogens with zero attached hydrogens (tertiary/aromatic N) is 2. The maximum absolute atomic E-state index is 12.2. The normalized spacial score (nSPS) is 11.5. The first-order valence-corrected chi connectivity index (χ1v) is 8.10. The topological polar surface area (TPSA) is 111 Å². The van der Waals surface area contributed by atoms with Gasteiger partial charge in [-0.3, -0.25) is 14.9 Å². The fourth-order valence-electron chi connectivity index (χ4n) is 1.79. The minimum Gasteiger partial charge on any atom is -0.448 e. The summed E-state index contributed by atoms with van der Waals surface area (Å²) < 4.78 is 4.99. The first-order valence-electron chi connectivity index (χ1n) is 6.97. The summed E-state index contributed by atoms with van der Waals surface area (Å²) in [7, 11) is 0. The molecule has 0 unspecified atom stereocenters. The first-order chi connectivity index (χ1) is 12.2. The Morgan fingerprint density at radius 1 is 1.19 bits per heavy atom. The van der Waals surface area contributed by atoms with Gasteiger partial charge in [-0.15, -0.1) is 0 Å². The molecular weight excluding hydrogens is 409 g/mol. The van der Waals surface area contributed by atoms with Crippen LogP contribution in [0.15, 0.2) is 30.3 Å². The van der Waals surface area contributed by atoms with Gasteiger partial charge in [-0.2, -0.15) is 0 Å². The van der Waals surface area contributed by atoms with Crippen LogP contribution in [-0.2, 0) is 9.53 Å². The minimum absolute atomic E-state index is 0.00711. The molecule has 1 N–H and O–H groups in total. The molecule has 1 aromatic carbocycles. The molecule has 26 heavy (non-hydrogen) atoms. The highest BCUT2D eigenvalue weighted by molar-refractivity contribution is 6.34. The molecule has 0 aliphatic carbocycles. The number of halogens is 3. The summed E-state index contributed by atoms with van der Waals surface area (Å²) in [6, 6.07) is 6.29. The maximum atomic E-state index is 12.2. The number of nitro groups is 1. The third-order valence-electron chi connectivity index (χ3n) is 3.08. The average molecular weight is 419 g/mol. The van der Waals surface area contributed by atoms with Gasteiger partial charge in [0.25, 0.3) is 11.6 Å². The van der Waals surface area contributed by atoms with Crippen LogP contribution in [0, 0.1) is 10.1 Å². The number of anilines is 1. The van der Waals surface area contributed by atoms with Crippen LogP contribution in [0.4, 0.5) is 11.4 Å². The smallest absolute Gasteiger partial charge is 0.359 e. The molecule has 1 aromatic heterocycles. The third-order valence-corrected chi connectivity index (χ3v) is 3.92. The van der Waals surface area contributed by atoms with Gasteiger partial charge in [0.05, 0.1) is 20.7 Å². The number of ether oxygens (including phenoxy) is 1. The molecule has 0 spiro atoms. The van der Waals surface area contributed by atoms with E-state index in [4.69, 9.17) is 39.5 Å². The Kier molecular flexibility index (Phi) is 6.36. The third kappa shape index (κ3) is 4.81. The van der Waals surface area contributed by atoms with Crippen LogP contribution >= 0.6 is 34.8 Å². The minimum atomic E-state index is -1.25. The van der Waals surface area contributed by atoms with Crippen LogP contribution in [-0.4, -0.2) is 27.9 Å². The molecule has 0 bridgehead atoms. The Morgan fingerprint density at radius 2 is 1.85 bits per heavy atom. The quantitative estimate of drug-likeness (QED) is 0.338. The van der Waals surface area contributed by atoms with Crippen molar-refractivity contribution in [3.8, 4) is 0 Å². The van der Waals surface area contributed by atoms with Crippen LogP contribution in [0.5, 0.6) is 0 Å². The second kappa shape index (κ2) is 8.31. The molecule has 1 heterocycles. The van der Waals surface area contributed by atoms with E-state index in [-0.39, 0.29) is 32.3 Å². The Bertz CT molecular complexity index is 891. The highest BCUT2D eigenvalue weighted by Crippen LogP contribution is 2.27. The van der Waals surface area contributed by atoms with Crippen LogP contribution in [0.3, 0.4) is 0 Å². The van der Waals surface area contributed by atoms with E-state index in [1.165, 1.54) is 31.2 Å². The molecule has 136 valence electrons. The SMILES string of the molecule is C[C@H](OC(=O)c1nc(Cl)ccc1Cl)C(=O)Nc1cc([N+](=O)[O-])ccc1Cl. The Morgan fingerprint density at radius 3 is 2.50 bits per heavy atom. The molecule has 1 amide bonds. The van der Waals surface area contributed by atoms with E-state index >= 15 is 0 Å². The van der Waals surface area contributed by atoms with Gasteiger partial charge in [-0.05, 0) is 25.1 Å². The molecule has 1 atom stereocenters. The number of nitro benzene ring substituents is 1. The Balaban J connectivity index is 2.10. The van der Waals surface area contributed by atoms with Crippen LogP contribution in [0.2, 0.25) is 15.2 Å². The van der Waals surface area contributed by atoms with Gasteiger partial charge < -0.3 is 10.1 Å². The van der Waals surface area contributed by atoms with E-state index < -0.39 is 22.9 Å². The van der Waals surface area contributed by atoms with Crippen molar-refractivity contribution in [3.05, 3.63) is 61.3 Å². The lowest BCUT2D eigenvalue weighted by Crippen LogP contribution is -2.30. The lowest BCUT2D eigenvalue weighted by Gasteiger charge is -2.14. The van der Waals surface area contributed by atoms with Gasteiger partial charge >= 0.3 is 5.97 Å². The van der Waals surface area contributed by atoms with E-state index in [2.05, 4.69) is 10.3 Å². The first kappa shape index (κ1) is 19.9. The summed E-state index contributed by atoms with van der Waals surface area (Å²) in [4.78, 5) is 38.1. The number of aromatic nitrogens is 1. The Hall–Kier alpha value is -2.42. The molecule has 0 aliphatic heterocycles. The summed E-state index contributed by atoms with van der Waals surface area (Å²) >= 11 is 17.4. The maximum Gasteiger partial charge on any atom is 0.359 e. The molecule has 8 nitrogen and oxygen atoms in total. The molecule has 0 saturated heterocycles. The van der Waals surface area contributed by atoms with Crippen molar-refractivity contribution in [1.29, 1.82) is 0 Å². The van der Waals surface area contributed by atoms with Crippen molar-refractivity contribution < 1.29 is 19.2 Å². The number of rotatable bonds is 5. The molecular formula is C15H10Cl3N3O5. The monoisotopic (exact) mass is 417 g/mol. The van der Waals surface area contributed by atoms with Gasteiger partial charge in [0, 0.05) is 12.1 Å². The number of carbonyl (C=O) groups excluding carboxylic acids is 2. The number of non-ortho nitro benzene ring substituents is 1. The summed E-state index contributed by atoms with van der Waals surface area (Å²) in [5, 5.41) is 13.3. The molecule has 0 saturated carbocycles. The summed E-state index contributed by atoms with van der Waals surface area (Å²) in [6.45, 7) is 1.30. The van der Waals surface area contributed by atoms with Gasteiger partial charge in [0.2, 0.25) is 0 Å². The van der Waals surface area contributed by atoms with Crippen molar-refractivity contribution in [2.75, 3.05) is 5.32 Å². The van der Waals surface area contributed by atoms with E-state index in [0.717, 1.165) is 6.07 Å². The van der Waals surface area contributed by atoms with Crippen molar-refractivity contribution in [1.82, 2.24) is 4.98 Å². The lowest BCUT2D eigenvalue weighted by atomic mass is 10.2. The van der Waals surface area contributed by atoms with Crippen molar-refractivity contribution in [2.45, 2.75) is 13.0 Å². The zero-order chi connectivity index (χ0) is 19.4. The van der Waals surface area contributed by atoms with Crippen LogP contribution in [0.25, 0.3) is 0 Å². The van der Waals surface area contributed by atoms with E-state index in [0.29, 0.717) is 0 Å². The number of hydrogen-bond acceptors (Lipinski definition) is 6. The van der Waals surface area contributed by atoms with E-state index in [1.54, 1.807) is 0 Å². The molecule has 2 rings (SSSR count). The second-order valence-corrected chi connectivity index (χ2v) is 6.12. The fraction of sp³-hybridized carbons (Fsp3) is 0.133. The highest BCUT2D eigenvalue weighted by atomic mass is 35.5. The summed E-state index contributed by atoms with van der Waals surface area (Å²) in [5.74, 6) is -1.70. The van der Waals surface area contributed by atoms with E-state index in [9.17, 15) is 19.7 Å². The van der Waals surface area contributed by atoms with Gasteiger partial charge in [0.1, 0.15) is 5.15 Å². The number of benzene rings is 1.